The monoisotopic (exact) mass is 429 g/mol. The van der Waals surface area contributed by atoms with Crippen LogP contribution in [0.5, 0.6) is 0 Å². The van der Waals surface area contributed by atoms with Gasteiger partial charge in [0, 0.05) is 23.9 Å². The first-order valence-electron chi connectivity index (χ1n) is 8.55. The molecule has 2 aromatic rings. The molecule has 5 nitrogen and oxygen atoms in total. The summed E-state index contributed by atoms with van der Waals surface area (Å²) in [5, 5.41) is 5.51. The van der Waals surface area contributed by atoms with Crippen LogP contribution < -0.4 is 16.4 Å². The number of alkyl halides is 3. The molecule has 1 aliphatic heterocycles. The van der Waals surface area contributed by atoms with Crippen LogP contribution >= 0.6 is 11.6 Å². The molecule has 0 aromatic heterocycles. The summed E-state index contributed by atoms with van der Waals surface area (Å²) in [5.74, 6) is -0.289. The fourth-order valence-corrected chi connectivity index (χ4v) is 3.01. The molecule has 0 spiro atoms. The first-order chi connectivity index (χ1) is 13.2. The molecule has 0 saturated carbocycles. The predicted molar refractivity (Wildman–Crippen MR) is 107 cm³/mol. The van der Waals surface area contributed by atoms with Gasteiger partial charge in [-0.1, -0.05) is 31.2 Å². The summed E-state index contributed by atoms with van der Waals surface area (Å²) in [6.07, 6.45) is -4.07. The number of hydrogen-bond acceptors (Lipinski definition) is 4. The average molecular weight is 430 g/mol. The van der Waals surface area contributed by atoms with Crippen LogP contribution in [-0.4, -0.2) is 24.7 Å². The molecule has 1 atom stereocenters. The number of nitrogens with two attached hydrogens (primary N) is 1. The molecule has 1 saturated heterocycles. The highest BCUT2D eigenvalue weighted by atomic mass is 35.5. The van der Waals surface area contributed by atoms with Crippen LogP contribution in [0.3, 0.4) is 0 Å². The Morgan fingerprint density at radius 2 is 1.90 bits per heavy atom. The highest BCUT2D eigenvalue weighted by Gasteiger charge is 2.38. The second-order valence-corrected chi connectivity index (χ2v) is 7.09. The lowest BCUT2D eigenvalue weighted by Gasteiger charge is -2.20. The van der Waals surface area contributed by atoms with E-state index in [1.54, 1.807) is 24.3 Å². The van der Waals surface area contributed by atoms with E-state index in [2.05, 4.69) is 10.6 Å². The van der Waals surface area contributed by atoms with E-state index in [1.165, 1.54) is 12.1 Å². The molecule has 2 aromatic carbocycles. The number of anilines is 2. The fraction of sp³-hybridized carbons (Fsp3) is 0.350. The second kappa shape index (κ2) is 9.02. The summed E-state index contributed by atoms with van der Waals surface area (Å²) in [7, 11) is 0. The molecular weight excluding hydrogens is 407 g/mol. The maximum atomic E-state index is 13.2. The van der Waals surface area contributed by atoms with Crippen molar-refractivity contribution in [1.29, 1.82) is 0 Å². The molecule has 0 radical (unpaired) electrons. The number of rotatable bonds is 5. The minimum atomic E-state index is -4.53. The Kier molecular flexibility index (Phi) is 7.15. The van der Waals surface area contributed by atoms with Crippen molar-refractivity contribution in [3.05, 3.63) is 58.6 Å². The first kappa shape index (κ1) is 23.0. The maximum absolute atomic E-state index is 13.2. The van der Waals surface area contributed by atoms with Crippen molar-refractivity contribution in [3.8, 4) is 0 Å². The lowest BCUT2D eigenvalue weighted by Crippen LogP contribution is -2.54. The molecule has 1 fully saturated rings. The molecule has 1 heterocycles. The number of carbonyl (C=O) groups is 1. The van der Waals surface area contributed by atoms with E-state index in [1.807, 2.05) is 0 Å². The summed E-state index contributed by atoms with van der Waals surface area (Å²) >= 11 is 5.68. The zero-order valence-electron chi connectivity index (χ0n) is 14.8. The van der Waals surface area contributed by atoms with E-state index < -0.39 is 17.3 Å². The van der Waals surface area contributed by atoms with Crippen molar-refractivity contribution in [2.45, 2.75) is 32.1 Å². The Morgan fingerprint density at radius 3 is 2.48 bits per heavy atom. The maximum Gasteiger partial charge on any atom is 0.418 e. The molecule has 1 aliphatic rings. The number of halogens is 4. The number of hydrogen-bond donors (Lipinski definition) is 3. The number of amides is 1. The van der Waals surface area contributed by atoms with Crippen molar-refractivity contribution in [3.63, 3.8) is 0 Å². The summed E-state index contributed by atoms with van der Waals surface area (Å²) in [4.78, 5) is 12.2. The van der Waals surface area contributed by atoms with Gasteiger partial charge in [-0.15, -0.1) is 0 Å². The van der Waals surface area contributed by atoms with Gasteiger partial charge in [0.2, 0.25) is 5.91 Å². The molecule has 9 heteroatoms. The topological polar surface area (TPSA) is 76.4 Å². The minimum Gasteiger partial charge on any atom is -0.379 e. The molecule has 29 heavy (non-hydrogen) atoms. The molecule has 1 amide bonds. The Bertz CT molecular complexity index is 851. The van der Waals surface area contributed by atoms with Crippen LogP contribution in [0.15, 0.2) is 42.5 Å². The quantitative estimate of drug-likeness (QED) is 0.655. The van der Waals surface area contributed by atoms with E-state index >= 15 is 0 Å². The molecule has 0 bridgehead atoms. The van der Waals surface area contributed by atoms with E-state index in [0.717, 1.165) is 11.6 Å². The van der Waals surface area contributed by atoms with Crippen LogP contribution in [-0.2, 0) is 22.3 Å². The largest absolute Gasteiger partial charge is 0.418 e. The second-order valence-electron chi connectivity index (χ2n) is 6.65. The fourth-order valence-electron chi connectivity index (χ4n) is 2.84. The van der Waals surface area contributed by atoms with E-state index in [4.69, 9.17) is 22.1 Å². The van der Waals surface area contributed by atoms with Gasteiger partial charge in [-0.3, -0.25) is 4.79 Å². The SMILES string of the molecule is C.N[C@@]1(C(=O)NCc2ccc(Nc3ccc(Cl)cc3C(F)(F)F)cc2)CCOC1. The van der Waals surface area contributed by atoms with Gasteiger partial charge >= 0.3 is 6.18 Å². The van der Waals surface area contributed by atoms with Crippen molar-refractivity contribution in [2.75, 3.05) is 18.5 Å². The number of ether oxygens (including phenoxy) is 1. The van der Waals surface area contributed by atoms with Crippen LogP contribution in [0.25, 0.3) is 0 Å². The number of carbonyl (C=O) groups excluding carboxylic acids is 1. The van der Waals surface area contributed by atoms with Gasteiger partial charge in [0.25, 0.3) is 0 Å². The lowest BCUT2D eigenvalue weighted by atomic mass is 9.99. The van der Waals surface area contributed by atoms with Gasteiger partial charge in [0.15, 0.2) is 0 Å². The zero-order chi connectivity index (χ0) is 20.4. The number of benzene rings is 2. The lowest BCUT2D eigenvalue weighted by molar-refractivity contribution is -0.137. The summed E-state index contributed by atoms with van der Waals surface area (Å²) < 4.78 is 44.7. The van der Waals surface area contributed by atoms with Gasteiger partial charge in [-0.05, 0) is 42.3 Å². The standard InChI is InChI=1S/C19H19ClF3N3O2.CH4/c20-13-3-6-16(15(9-13)19(21,22)23)26-14-4-1-12(2-5-14)10-25-17(27)18(24)7-8-28-11-18;/h1-6,9,26H,7-8,10-11,24H2,(H,25,27);1H4/t18-;/m0./s1. The molecule has 158 valence electrons. The van der Waals surface area contributed by atoms with Gasteiger partial charge < -0.3 is 21.1 Å². The van der Waals surface area contributed by atoms with Crippen molar-refractivity contribution in [1.82, 2.24) is 5.32 Å². The molecule has 0 aliphatic carbocycles. The normalized spacial score (nSPS) is 18.8. The van der Waals surface area contributed by atoms with Crippen molar-refractivity contribution in [2.24, 2.45) is 5.73 Å². The van der Waals surface area contributed by atoms with Gasteiger partial charge in [0.05, 0.1) is 17.9 Å². The van der Waals surface area contributed by atoms with E-state index in [-0.39, 0.29) is 37.2 Å². The van der Waals surface area contributed by atoms with E-state index in [0.29, 0.717) is 18.7 Å². The molecular formula is C20H23ClF3N3O2. The van der Waals surface area contributed by atoms with Gasteiger partial charge in [0.1, 0.15) is 5.54 Å². The molecule has 4 N–H and O–H groups in total. The Labute approximate surface area is 172 Å². The summed E-state index contributed by atoms with van der Waals surface area (Å²) in [5.41, 5.74) is 5.30. The van der Waals surface area contributed by atoms with Crippen molar-refractivity contribution < 1.29 is 22.7 Å². The van der Waals surface area contributed by atoms with Gasteiger partial charge in [-0.25, -0.2) is 0 Å². The zero-order valence-corrected chi connectivity index (χ0v) is 15.5. The van der Waals surface area contributed by atoms with Crippen LogP contribution in [0, 0.1) is 0 Å². The highest BCUT2D eigenvalue weighted by Crippen LogP contribution is 2.37. The molecule has 3 rings (SSSR count). The smallest absolute Gasteiger partial charge is 0.379 e. The van der Waals surface area contributed by atoms with Crippen LogP contribution in [0.2, 0.25) is 5.02 Å². The van der Waals surface area contributed by atoms with Crippen LogP contribution in [0.1, 0.15) is 25.0 Å². The average Bonchev–Trinajstić information content (AvgIpc) is 3.09. The van der Waals surface area contributed by atoms with Gasteiger partial charge in [-0.2, -0.15) is 13.2 Å². The first-order valence-corrected chi connectivity index (χ1v) is 8.93. The Morgan fingerprint density at radius 1 is 1.21 bits per heavy atom. The third kappa shape index (κ3) is 5.62. The highest BCUT2D eigenvalue weighted by molar-refractivity contribution is 6.30. The molecule has 0 unspecified atom stereocenters. The van der Waals surface area contributed by atoms with E-state index in [9.17, 15) is 18.0 Å². The third-order valence-corrected chi connectivity index (χ3v) is 4.71. The van der Waals surface area contributed by atoms with Crippen molar-refractivity contribution >= 4 is 28.9 Å². The summed E-state index contributed by atoms with van der Waals surface area (Å²) in [6, 6.07) is 10.2. The summed E-state index contributed by atoms with van der Waals surface area (Å²) in [6.45, 7) is 0.895. The Hall–Kier alpha value is -2.29. The minimum absolute atomic E-state index is 0. The van der Waals surface area contributed by atoms with Crippen LogP contribution in [0.4, 0.5) is 24.5 Å². The number of nitrogens with one attached hydrogen (secondary N) is 2. The Balaban J connectivity index is 0.00000300. The predicted octanol–water partition coefficient (Wildman–Crippen LogP) is 4.47. The third-order valence-electron chi connectivity index (χ3n) is 4.48.